The number of hydrogen-bond donors (Lipinski definition) is 3. The number of nitrogens with zero attached hydrogens (tertiary/aromatic N) is 2. The molecule has 1 aliphatic heterocycles. The van der Waals surface area contributed by atoms with Crippen molar-refractivity contribution < 1.29 is 9.90 Å². The first-order valence-corrected chi connectivity index (χ1v) is 6.57. The van der Waals surface area contributed by atoms with Gasteiger partial charge >= 0.3 is 0 Å². The van der Waals surface area contributed by atoms with Crippen LogP contribution in [0.5, 0.6) is 0 Å². The zero-order chi connectivity index (χ0) is 13.8. The molecule has 1 fully saturated rings. The maximum absolute atomic E-state index is 11.2. The van der Waals surface area contributed by atoms with Crippen LogP contribution in [0.1, 0.15) is 36.2 Å². The third-order valence-electron chi connectivity index (χ3n) is 3.52. The van der Waals surface area contributed by atoms with Gasteiger partial charge in [-0.2, -0.15) is 0 Å². The third-order valence-corrected chi connectivity index (χ3v) is 3.52. The molecule has 1 amide bonds. The average Bonchev–Trinajstić information content (AvgIpc) is 2.64. The Bertz CT molecular complexity index is 464. The molecule has 1 aromatic rings. The normalized spacial score (nSPS) is 20.1. The molecule has 1 aliphatic rings. The van der Waals surface area contributed by atoms with Crippen molar-refractivity contribution in [2.45, 2.75) is 31.7 Å². The first-order valence-electron chi connectivity index (χ1n) is 6.57. The maximum Gasteiger partial charge on any atom is 0.267 e. The summed E-state index contributed by atoms with van der Waals surface area (Å²) in [6, 6.07) is 3.16. The molecule has 6 heteroatoms. The van der Waals surface area contributed by atoms with Crippen LogP contribution >= 0.6 is 0 Å². The topological polar surface area (TPSA) is 105 Å². The molecule has 104 valence electrons. The Labute approximate surface area is 112 Å². The van der Waals surface area contributed by atoms with Gasteiger partial charge in [0.1, 0.15) is 5.69 Å². The lowest BCUT2D eigenvalue weighted by molar-refractivity contribution is 0.0995. The molecule has 6 nitrogen and oxygen atoms in total. The summed E-state index contributed by atoms with van der Waals surface area (Å²) in [5.74, 6) is -0.0196. The number of pyridine rings is 1. The highest BCUT2D eigenvalue weighted by Gasteiger charge is 2.23. The lowest BCUT2D eigenvalue weighted by Gasteiger charge is -2.30. The van der Waals surface area contributed by atoms with Crippen LogP contribution in [0.15, 0.2) is 12.1 Å². The summed E-state index contributed by atoms with van der Waals surface area (Å²) in [5, 5.41) is 9.52. The molecule has 1 aromatic heterocycles. The number of aliphatic hydroxyl groups excluding tert-OH is 1. The minimum Gasteiger partial charge on any atom is -0.396 e. The van der Waals surface area contributed by atoms with E-state index in [4.69, 9.17) is 11.5 Å². The van der Waals surface area contributed by atoms with Gasteiger partial charge in [0.05, 0.1) is 18.3 Å². The second kappa shape index (κ2) is 5.88. The predicted octanol–water partition coefficient (Wildman–Crippen LogP) is 0.504. The van der Waals surface area contributed by atoms with Crippen LogP contribution in [0.4, 0.5) is 11.5 Å². The van der Waals surface area contributed by atoms with Crippen molar-refractivity contribution in [1.29, 1.82) is 0 Å². The molecule has 1 atom stereocenters. The van der Waals surface area contributed by atoms with Crippen LogP contribution in [0.25, 0.3) is 0 Å². The number of hydrogen-bond acceptors (Lipinski definition) is 5. The summed E-state index contributed by atoms with van der Waals surface area (Å²) in [7, 11) is 0. The standard InChI is InChI=1S/C13H20N4O2/c14-10-5-6-11(12(15)19)16-13(10)17-7-3-1-2-4-9(17)8-18/h5-6,9,18H,1-4,7-8,14H2,(H2,15,19). The van der Waals surface area contributed by atoms with Gasteiger partial charge in [-0.25, -0.2) is 4.98 Å². The first-order chi connectivity index (χ1) is 9.13. The number of carbonyl (C=O) groups excluding carboxylic acids is 1. The second-order valence-electron chi connectivity index (χ2n) is 4.85. The molecule has 0 bridgehead atoms. The van der Waals surface area contributed by atoms with E-state index in [2.05, 4.69) is 4.98 Å². The lowest BCUT2D eigenvalue weighted by atomic mass is 10.1. The van der Waals surface area contributed by atoms with Crippen molar-refractivity contribution in [1.82, 2.24) is 4.98 Å². The zero-order valence-electron chi connectivity index (χ0n) is 10.9. The average molecular weight is 264 g/mol. The van der Waals surface area contributed by atoms with E-state index in [-0.39, 0.29) is 18.3 Å². The van der Waals surface area contributed by atoms with Gasteiger partial charge in [0, 0.05) is 6.54 Å². The fraction of sp³-hybridized carbons (Fsp3) is 0.538. The largest absolute Gasteiger partial charge is 0.396 e. The highest BCUT2D eigenvalue weighted by molar-refractivity contribution is 5.91. The molecule has 2 rings (SSSR count). The van der Waals surface area contributed by atoms with Crippen LogP contribution in [-0.4, -0.2) is 35.2 Å². The van der Waals surface area contributed by atoms with E-state index >= 15 is 0 Å². The minimum atomic E-state index is -0.573. The predicted molar refractivity (Wildman–Crippen MR) is 73.9 cm³/mol. The highest BCUT2D eigenvalue weighted by atomic mass is 16.3. The number of primary amides is 1. The van der Waals surface area contributed by atoms with E-state index in [0.29, 0.717) is 11.5 Å². The fourth-order valence-electron chi connectivity index (χ4n) is 2.47. The number of carbonyl (C=O) groups is 1. The summed E-state index contributed by atoms with van der Waals surface area (Å²) in [4.78, 5) is 17.5. The van der Waals surface area contributed by atoms with E-state index in [0.717, 1.165) is 32.2 Å². The van der Waals surface area contributed by atoms with E-state index < -0.39 is 5.91 Å². The van der Waals surface area contributed by atoms with Gasteiger partial charge in [-0.15, -0.1) is 0 Å². The Hall–Kier alpha value is -1.82. The Balaban J connectivity index is 2.36. The Kier molecular flexibility index (Phi) is 4.21. The number of aliphatic hydroxyl groups is 1. The molecule has 0 radical (unpaired) electrons. The molecule has 5 N–H and O–H groups in total. The number of amides is 1. The van der Waals surface area contributed by atoms with Crippen molar-refractivity contribution >= 4 is 17.4 Å². The summed E-state index contributed by atoms with van der Waals surface area (Å²) in [6.45, 7) is 0.840. The number of rotatable bonds is 3. The van der Waals surface area contributed by atoms with Crippen molar-refractivity contribution in [2.24, 2.45) is 5.73 Å². The third kappa shape index (κ3) is 2.96. The quantitative estimate of drug-likeness (QED) is 0.737. The first kappa shape index (κ1) is 13.6. The summed E-state index contributed by atoms with van der Waals surface area (Å²) in [5.41, 5.74) is 11.9. The molecule has 19 heavy (non-hydrogen) atoms. The monoisotopic (exact) mass is 264 g/mol. The van der Waals surface area contributed by atoms with Gasteiger partial charge in [-0.1, -0.05) is 12.8 Å². The van der Waals surface area contributed by atoms with Crippen LogP contribution in [0, 0.1) is 0 Å². The van der Waals surface area contributed by atoms with Gasteiger partial charge < -0.3 is 21.5 Å². The van der Waals surface area contributed by atoms with Crippen molar-refractivity contribution in [3.05, 3.63) is 17.8 Å². The SMILES string of the molecule is NC(=O)c1ccc(N)c(N2CCCCCC2CO)n1. The van der Waals surface area contributed by atoms with Crippen LogP contribution in [0.3, 0.4) is 0 Å². The van der Waals surface area contributed by atoms with E-state index in [9.17, 15) is 9.90 Å². The molecule has 1 unspecified atom stereocenters. The van der Waals surface area contributed by atoms with Crippen molar-refractivity contribution in [3.63, 3.8) is 0 Å². The Morgan fingerprint density at radius 3 is 2.89 bits per heavy atom. The molecule has 0 aliphatic carbocycles. The van der Waals surface area contributed by atoms with Crippen LogP contribution in [-0.2, 0) is 0 Å². The van der Waals surface area contributed by atoms with Gasteiger partial charge in [0.15, 0.2) is 5.82 Å². The molecule has 0 spiro atoms. The summed E-state index contributed by atoms with van der Waals surface area (Å²) < 4.78 is 0. The summed E-state index contributed by atoms with van der Waals surface area (Å²) in [6.07, 6.45) is 4.14. The number of nitrogen functional groups attached to an aromatic ring is 1. The maximum atomic E-state index is 11.2. The van der Waals surface area contributed by atoms with Crippen molar-refractivity contribution in [2.75, 3.05) is 23.8 Å². The van der Waals surface area contributed by atoms with E-state index in [1.54, 1.807) is 6.07 Å². The Morgan fingerprint density at radius 2 is 2.21 bits per heavy atom. The molecule has 0 saturated carbocycles. The smallest absolute Gasteiger partial charge is 0.267 e. The minimum absolute atomic E-state index is 0.000395. The highest BCUT2D eigenvalue weighted by Crippen LogP contribution is 2.27. The number of anilines is 2. The fourth-order valence-corrected chi connectivity index (χ4v) is 2.47. The van der Waals surface area contributed by atoms with Crippen LogP contribution in [0.2, 0.25) is 0 Å². The number of aromatic nitrogens is 1. The van der Waals surface area contributed by atoms with Gasteiger partial charge in [-0.05, 0) is 25.0 Å². The van der Waals surface area contributed by atoms with Gasteiger partial charge in [-0.3, -0.25) is 4.79 Å². The van der Waals surface area contributed by atoms with E-state index in [1.807, 2.05) is 4.90 Å². The lowest BCUT2D eigenvalue weighted by Crippen LogP contribution is -2.39. The van der Waals surface area contributed by atoms with Gasteiger partial charge in [0.2, 0.25) is 0 Å². The van der Waals surface area contributed by atoms with Gasteiger partial charge in [0.25, 0.3) is 5.91 Å². The van der Waals surface area contributed by atoms with Crippen molar-refractivity contribution in [3.8, 4) is 0 Å². The summed E-state index contributed by atoms with van der Waals surface area (Å²) >= 11 is 0. The molecule has 2 heterocycles. The second-order valence-corrected chi connectivity index (χ2v) is 4.85. The molecule has 0 aromatic carbocycles. The van der Waals surface area contributed by atoms with E-state index in [1.165, 1.54) is 6.07 Å². The molecular weight excluding hydrogens is 244 g/mol. The Morgan fingerprint density at radius 1 is 1.42 bits per heavy atom. The molecular formula is C13H20N4O2. The number of nitrogens with two attached hydrogens (primary N) is 2. The zero-order valence-corrected chi connectivity index (χ0v) is 10.9. The molecule has 1 saturated heterocycles. The van der Waals surface area contributed by atoms with Crippen LogP contribution < -0.4 is 16.4 Å².